The molecule has 1 amide bonds. The third-order valence-corrected chi connectivity index (χ3v) is 7.82. The fraction of sp³-hybridized carbons (Fsp3) is 0.407. The van der Waals surface area contributed by atoms with Gasteiger partial charge in [0.25, 0.3) is 11.7 Å². The van der Waals surface area contributed by atoms with Gasteiger partial charge in [-0.15, -0.1) is 4.98 Å². The van der Waals surface area contributed by atoms with Gasteiger partial charge < -0.3 is 25.0 Å². The van der Waals surface area contributed by atoms with Crippen LogP contribution in [0.15, 0.2) is 30.5 Å². The van der Waals surface area contributed by atoms with Gasteiger partial charge in [-0.25, -0.2) is 4.98 Å². The molecule has 3 aliphatic heterocycles. The number of aromatic nitrogens is 3. The molecule has 2 bridgehead atoms. The number of carbonyl (C=O) groups excluding carboxylic acids is 1. The van der Waals surface area contributed by atoms with Crippen LogP contribution in [0.2, 0.25) is 0 Å². The summed E-state index contributed by atoms with van der Waals surface area (Å²) in [6.07, 6.45) is 6.84. The van der Waals surface area contributed by atoms with Gasteiger partial charge in [0.05, 0.1) is 23.5 Å². The minimum absolute atomic E-state index is 0.0161. The summed E-state index contributed by atoms with van der Waals surface area (Å²) in [5, 5.41) is 16.1. The minimum atomic E-state index is -0.227. The van der Waals surface area contributed by atoms with Crippen molar-refractivity contribution < 1.29 is 14.3 Å². The number of pyridine rings is 3. The number of hydrogen-bond acceptors (Lipinski definition) is 8. The number of amides is 1. The molecule has 10 heteroatoms. The molecule has 10 nitrogen and oxygen atoms in total. The Morgan fingerprint density at radius 3 is 2.81 bits per heavy atom. The van der Waals surface area contributed by atoms with Crippen LogP contribution in [-0.4, -0.2) is 45.2 Å². The second kappa shape index (κ2) is 9.07. The lowest BCUT2D eigenvalue weighted by Gasteiger charge is -2.53. The summed E-state index contributed by atoms with van der Waals surface area (Å²) in [6, 6.07) is 9.44. The number of ether oxygens (including phenoxy) is 2. The highest BCUT2D eigenvalue weighted by Crippen LogP contribution is 2.46. The molecule has 0 spiro atoms. The maximum atomic E-state index is 11.6. The lowest BCUT2D eigenvalue weighted by Crippen LogP contribution is -2.61. The molecule has 1 saturated carbocycles. The van der Waals surface area contributed by atoms with Crippen molar-refractivity contribution in [2.24, 2.45) is 0 Å². The van der Waals surface area contributed by atoms with Crippen molar-refractivity contribution in [1.82, 2.24) is 20.3 Å². The summed E-state index contributed by atoms with van der Waals surface area (Å²) in [5.74, 6) is 1.16. The lowest BCUT2D eigenvalue weighted by atomic mass is 9.69. The van der Waals surface area contributed by atoms with Crippen LogP contribution in [0, 0.1) is 17.9 Å². The average Bonchev–Trinajstić information content (AvgIpc) is 2.95. The molecule has 3 fully saturated rings. The highest BCUT2D eigenvalue weighted by atomic mass is 16.5. The monoisotopic (exact) mass is 495 g/mol. The number of fused-ring (bicyclic) bond motifs is 5. The zero-order valence-electron chi connectivity index (χ0n) is 20.2. The van der Waals surface area contributed by atoms with Crippen molar-refractivity contribution in [3.63, 3.8) is 0 Å². The third kappa shape index (κ3) is 4.35. The predicted octanol–water partition coefficient (Wildman–Crippen LogP) is 3.58. The van der Waals surface area contributed by atoms with E-state index >= 15 is 0 Å². The first kappa shape index (κ1) is 23.3. The highest BCUT2D eigenvalue weighted by molar-refractivity contribution is 5.94. The molecule has 2 saturated heterocycles. The first-order chi connectivity index (χ1) is 18.0. The largest absolute Gasteiger partial charge is 0.480 e. The molecular formula is C27H25N7O3. The van der Waals surface area contributed by atoms with E-state index in [0.29, 0.717) is 53.6 Å². The second-order valence-corrected chi connectivity index (χ2v) is 10.0. The van der Waals surface area contributed by atoms with E-state index < -0.39 is 0 Å². The van der Waals surface area contributed by atoms with Crippen molar-refractivity contribution >= 4 is 28.6 Å². The van der Waals surface area contributed by atoms with E-state index in [4.69, 9.17) is 16.0 Å². The Morgan fingerprint density at radius 1 is 1.19 bits per heavy atom. The van der Waals surface area contributed by atoms with Crippen LogP contribution in [0.4, 0.5) is 11.6 Å². The fourth-order valence-corrected chi connectivity index (χ4v) is 5.57. The van der Waals surface area contributed by atoms with Gasteiger partial charge in [0.15, 0.2) is 23.7 Å². The van der Waals surface area contributed by atoms with Crippen molar-refractivity contribution in [2.45, 2.75) is 56.2 Å². The lowest BCUT2D eigenvalue weighted by molar-refractivity contribution is -0.165. The summed E-state index contributed by atoms with van der Waals surface area (Å²) in [7, 11) is 0. The standard InChI is InChI=1S/C27H25N7O3/c1-29-22-5-3-20-24(33-22)19(17(12-28)13-30-20)6-7-27-10-8-26(9-11-27,16-37-27)31-14-18-2-4-21-25(32-18)34-23(35)15-36-21/h2-5,13,31H,6-11,14-16H2,(H,32,34,35). The van der Waals surface area contributed by atoms with E-state index in [2.05, 4.69) is 36.5 Å². The number of hydrogen-bond donors (Lipinski definition) is 2. The van der Waals surface area contributed by atoms with Crippen molar-refractivity contribution in [3.8, 4) is 11.8 Å². The molecular weight excluding hydrogens is 470 g/mol. The maximum Gasteiger partial charge on any atom is 0.270 e. The summed E-state index contributed by atoms with van der Waals surface area (Å²) in [4.78, 5) is 28.4. The summed E-state index contributed by atoms with van der Waals surface area (Å²) in [5.41, 5.74) is 3.16. The molecule has 1 aliphatic carbocycles. The topological polar surface area (TPSA) is 126 Å². The molecule has 0 unspecified atom stereocenters. The molecule has 3 aromatic rings. The van der Waals surface area contributed by atoms with Gasteiger partial charge in [-0.3, -0.25) is 9.78 Å². The summed E-state index contributed by atoms with van der Waals surface area (Å²) >= 11 is 0. The molecule has 0 aromatic carbocycles. The highest BCUT2D eigenvalue weighted by Gasteiger charge is 2.49. The normalized spacial score (nSPS) is 24.0. The number of rotatable bonds is 6. The number of nitriles is 1. The van der Waals surface area contributed by atoms with Gasteiger partial charge in [-0.1, -0.05) is 6.57 Å². The van der Waals surface area contributed by atoms with Crippen LogP contribution in [-0.2, 0) is 22.5 Å². The SMILES string of the molecule is [C-]#[N+]c1ccc2ncc(C#N)c(CCC34CCC(NCc5ccc6c(n5)NC(=O)CO6)(CC3)CO4)c2n1. The first-order valence-electron chi connectivity index (χ1n) is 12.4. The van der Waals surface area contributed by atoms with Crippen LogP contribution in [0.3, 0.4) is 0 Å². The van der Waals surface area contributed by atoms with Crippen LogP contribution < -0.4 is 15.4 Å². The molecule has 7 rings (SSSR count). The molecule has 186 valence electrons. The first-order valence-corrected chi connectivity index (χ1v) is 12.4. The summed E-state index contributed by atoms with van der Waals surface area (Å²) in [6.45, 7) is 8.50. The molecule has 3 aromatic heterocycles. The Hall–Kier alpha value is -4.12. The average molecular weight is 496 g/mol. The van der Waals surface area contributed by atoms with E-state index in [1.165, 1.54) is 0 Å². The minimum Gasteiger partial charge on any atom is -0.480 e. The van der Waals surface area contributed by atoms with Crippen molar-refractivity contribution in [3.05, 3.63) is 58.7 Å². The molecule has 37 heavy (non-hydrogen) atoms. The molecule has 2 N–H and O–H groups in total. The van der Waals surface area contributed by atoms with Crippen LogP contribution >= 0.6 is 0 Å². The Balaban J connectivity index is 1.12. The van der Waals surface area contributed by atoms with E-state index in [-0.39, 0.29) is 23.7 Å². The second-order valence-electron chi connectivity index (χ2n) is 10.0. The van der Waals surface area contributed by atoms with Gasteiger partial charge >= 0.3 is 0 Å². The van der Waals surface area contributed by atoms with Crippen LogP contribution in [0.1, 0.15) is 48.9 Å². The molecule has 6 heterocycles. The number of anilines is 1. The van der Waals surface area contributed by atoms with Crippen molar-refractivity contribution in [2.75, 3.05) is 18.5 Å². The fourth-order valence-electron chi connectivity index (χ4n) is 5.57. The van der Waals surface area contributed by atoms with E-state index in [9.17, 15) is 10.1 Å². The Labute approximate surface area is 213 Å². The molecule has 0 radical (unpaired) electrons. The smallest absolute Gasteiger partial charge is 0.270 e. The zero-order valence-corrected chi connectivity index (χ0v) is 20.2. The van der Waals surface area contributed by atoms with Gasteiger partial charge in [0, 0.05) is 23.8 Å². The Kier molecular flexibility index (Phi) is 5.71. The number of nitrogens with zero attached hydrogens (tertiary/aromatic N) is 5. The number of nitrogens with one attached hydrogen (secondary N) is 2. The van der Waals surface area contributed by atoms with Crippen LogP contribution in [0.25, 0.3) is 15.9 Å². The third-order valence-electron chi connectivity index (χ3n) is 7.82. The molecule has 4 aliphatic rings. The summed E-state index contributed by atoms with van der Waals surface area (Å²) < 4.78 is 11.9. The Morgan fingerprint density at radius 2 is 2.05 bits per heavy atom. The molecule has 0 atom stereocenters. The van der Waals surface area contributed by atoms with E-state index in [0.717, 1.165) is 43.4 Å². The van der Waals surface area contributed by atoms with E-state index in [1.54, 1.807) is 18.3 Å². The quantitative estimate of drug-likeness (QED) is 0.497. The zero-order chi connectivity index (χ0) is 25.5. The predicted molar refractivity (Wildman–Crippen MR) is 134 cm³/mol. The van der Waals surface area contributed by atoms with Gasteiger partial charge in [0.2, 0.25) is 0 Å². The van der Waals surface area contributed by atoms with Gasteiger partial charge in [0.1, 0.15) is 11.6 Å². The number of carbonyl (C=O) groups is 1. The van der Waals surface area contributed by atoms with Gasteiger partial charge in [-0.05, 0) is 62.8 Å². The van der Waals surface area contributed by atoms with Crippen LogP contribution in [0.5, 0.6) is 5.75 Å². The Bertz CT molecular complexity index is 1460. The number of aryl methyl sites for hydroxylation is 1. The van der Waals surface area contributed by atoms with E-state index in [1.807, 2.05) is 12.1 Å². The maximum absolute atomic E-state index is 11.6. The van der Waals surface area contributed by atoms with Gasteiger partial charge in [-0.2, -0.15) is 5.26 Å². The van der Waals surface area contributed by atoms with Crippen molar-refractivity contribution in [1.29, 1.82) is 5.26 Å².